The normalized spacial score (nSPS) is 16.2. The summed E-state index contributed by atoms with van der Waals surface area (Å²) < 4.78 is 0. The maximum atomic E-state index is 10.2. The lowest BCUT2D eigenvalue weighted by atomic mass is 10.1. The predicted octanol–water partition coefficient (Wildman–Crippen LogP) is 1.66. The van der Waals surface area contributed by atoms with E-state index in [1.807, 2.05) is 0 Å². The Balaban J connectivity index is 3.86. The van der Waals surface area contributed by atoms with Crippen LogP contribution in [0.2, 0.25) is 0 Å². The van der Waals surface area contributed by atoms with Gasteiger partial charge in [-0.1, -0.05) is 28.9 Å². The first-order valence-electron chi connectivity index (χ1n) is 2.59. The molecular weight excluding hydrogens is 184 g/mol. The lowest BCUT2D eigenvalue weighted by Gasteiger charge is -2.07. The number of alkyl halides is 1. The lowest BCUT2D eigenvalue weighted by molar-refractivity contribution is -0.136. The number of hydrogen-bond donors (Lipinski definition) is 1. The Hall–Kier alpha value is -0.310. The molecule has 2 nitrogen and oxygen atoms in total. The fourth-order valence-corrected chi connectivity index (χ4v) is 0.560. The summed E-state index contributed by atoms with van der Waals surface area (Å²) in [5.41, 5.74) is 0. The minimum atomic E-state index is -0.845. The highest BCUT2D eigenvalue weighted by Gasteiger charge is 2.17. The molecule has 0 fully saturated rings. The van der Waals surface area contributed by atoms with Gasteiger partial charge in [0, 0.05) is 0 Å². The summed E-state index contributed by atoms with van der Waals surface area (Å²) in [4.78, 5) is 9.70. The Kier molecular flexibility index (Phi) is 3.54. The predicted molar refractivity (Wildman–Crippen MR) is 39.7 cm³/mol. The van der Waals surface area contributed by atoms with Crippen LogP contribution >= 0.6 is 15.9 Å². The molecule has 0 spiro atoms. The average molecular weight is 193 g/mol. The van der Waals surface area contributed by atoms with Crippen molar-refractivity contribution in [3.8, 4) is 0 Å². The van der Waals surface area contributed by atoms with Gasteiger partial charge in [-0.15, -0.1) is 6.58 Å². The Bertz CT molecular complexity index is 122. The van der Waals surface area contributed by atoms with Crippen molar-refractivity contribution < 1.29 is 9.90 Å². The van der Waals surface area contributed by atoms with Gasteiger partial charge >= 0.3 is 5.97 Å². The van der Waals surface area contributed by atoms with Gasteiger partial charge in [0.05, 0.1) is 0 Å². The third-order valence-electron chi connectivity index (χ3n) is 1.07. The van der Waals surface area contributed by atoms with Crippen molar-refractivity contribution in [2.24, 2.45) is 5.92 Å². The topological polar surface area (TPSA) is 37.3 Å². The van der Waals surface area contributed by atoms with Crippen molar-refractivity contribution in [1.82, 2.24) is 0 Å². The molecular formula is C6H9BrO2. The highest BCUT2D eigenvalue weighted by molar-refractivity contribution is 9.10. The molecule has 0 radical (unpaired) electrons. The minimum Gasteiger partial charge on any atom is -0.480 e. The van der Waals surface area contributed by atoms with Crippen LogP contribution in [0.15, 0.2) is 12.7 Å². The van der Waals surface area contributed by atoms with E-state index >= 15 is 0 Å². The van der Waals surface area contributed by atoms with Crippen molar-refractivity contribution in [3.63, 3.8) is 0 Å². The van der Waals surface area contributed by atoms with Crippen molar-refractivity contribution in [3.05, 3.63) is 12.7 Å². The number of carboxylic acid groups (broad SMARTS) is 1. The maximum Gasteiger partial charge on any atom is 0.317 e. The van der Waals surface area contributed by atoms with E-state index in [0.717, 1.165) is 0 Å². The van der Waals surface area contributed by atoms with E-state index in [-0.39, 0.29) is 5.92 Å². The first kappa shape index (κ1) is 8.69. The van der Waals surface area contributed by atoms with Crippen LogP contribution in [-0.4, -0.2) is 15.9 Å². The first-order valence-corrected chi connectivity index (χ1v) is 3.50. The summed E-state index contributed by atoms with van der Waals surface area (Å²) in [5, 5.41) is 8.39. The second-order valence-electron chi connectivity index (χ2n) is 1.83. The van der Waals surface area contributed by atoms with Crippen LogP contribution in [-0.2, 0) is 4.79 Å². The van der Waals surface area contributed by atoms with Crippen LogP contribution in [0, 0.1) is 5.92 Å². The molecule has 0 aliphatic carbocycles. The van der Waals surface area contributed by atoms with Crippen LogP contribution in [0.1, 0.15) is 6.92 Å². The molecule has 52 valence electrons. The van der Waals surface area contributed by atoms with Crippen LogP contribution in [0.5, 0.6) is 0 Å². The zero-order chi connectivity index (χ0) is 7.44. The molecule has 0 aliphatic heterocycles. The van der Waals surface area contributed by atoms with Crippen LogP contribution in [0.25, 0.3) is 0 Å². The number of aliphatic carboxylic acids is 1. The minimum absolute atomic E-state index is 0.0255. The molecule has 0 aromatic carbocycles. The first-order chi connectivity index (χ1) is 4.09. The molecule has 0 rings (SSSR count). The molecule has 0 amide bonds. The van der Waals surface area contributed by atoms with E-state index in [1.165, 1.54) is 0 Å². The largest absolute Gasteiger partial charge is 0.480 e. The number of carbonyl (C=O) groups is 1. The third-order valence-corrected chi connectivity index (χ3v) is 2.29. The number of halogens is 1. The fraction of sp³-hybridized carbons (Fsp3) is 0.500. The summed E-state index contributed by atoms with van der Waals surface area (Å²) in [6.45, 7) is 5.26. The van der Waals surface area contributed by atoms with Gasteiger partial charge < -0.3 is 5.11 Å². The highest BCUT2D eigenvalue weighted by atomic mass is 79.9. The molecule has 0 unspecified atom stereocenters. The van der Waals surface area contributed by atoms with Crippen LogP contribution < -0.4 is 0 Å². The Morgan fingerprint density at radius 2 is 2.33 bits per heavy atom. The maximum absolute atomic E-state index is 10.2. The second kappa shape index (κ2) is 3.67. The summed E-state index contributed by atoms with van der Waals surface area (Å²) in [6, 6.07) is 0. The Labute approximate surface area is 62.7 Å². The van der Waals surface area contributed by atoms with Gasteiger partial charge in [-0.2, -0.15) is 0 Å². The summed E-state index contributed by atoms with van der Waals surface area (Å²) in [7, 11) is 0. The summed E-state index contributed by atoms with van der Waals surface area (Å²) >= 11 is 3.00. The molecule has 9 heavy (non-hydrogen) atoms. The van der Waals surface area contributed by atoms with Crippen LogP contribution in [0.4, 0.5) is 0 Å². The number of hydrogen-bond acceptors (Lipinski definition) is 1. The Morgan fingerprint density at radius 3 is 2.44 bits per heavy atom. The second-order valence-corrected chi connectivity index (χ2v) is 2.82. The van der Waals surface area contributed by atoms with E-state index in [2.05, 4.69) is 22.5 Å². The monoisotopic (exact) mass is 192 g/mol. The zero-order valence-corrected chi connectivity index (χ0v) is 6.76. The SMILES string of the molecule is C=C[C@@H](C)[C@@H](Br)C(=O)O. The number of rotatable bonds is 3. The van der Waals surface area contributed by atoms with Gasteiger partial charge in [0.1, 0.15) is 4.83 Å². The third kappa shape index (κ3) is 2.65. The molecule has 0 bridgehead atoms. The van der Waals surface area contributed by atoms with Gasteiger partial charge in [-0.25, -0.2) is 0 Å². The van der Waals surface area contributed by atoms with Crippen molar-refractivity contribution in [2.45, 2.75) is 11.8 Å². The summed E-state index contributed by atoms with van der Waals surface area (Å²) in [5.74, 6) is -0.870. The molecule has 3 heteroatoms. The molecule has 0 aromatic heterocycles. The van der Waals surface area contributed by atoms with E-state index in [4.69, 9.17) is 5.11 Å². The smallest absolute Gasteiger partial charge is 0.317 e. The van der Waals surface area contributed by atoms with Gasteiger partial charge in [0.15, 0.2) is 0 Å². The van der Waals surface area contributed by atoms with E-state index < -0.39 is 10.8 Å². The van der Waals surface area contributed by atoms with Crippen LogP contribution in [0.3, 0.4) is 0 Å². The fourth-order valence-electron chi connectivity index (χ4n) is 0.344. The summed E-state index contributed by atoms with van der Waals surface area (Å²) in [6.07, 6.45) is 1.60. The standard InChI is InChI=1S/C6H9BrO2/c1-3-4(2)5(7)6(8)9/h3-5H,1H2,2H3,(H,8,9)/t4-,5-/m1/s1. The molecule has 0 heterocycles. The van der Waals surface area contributed by atoms with Crippen molar-refractivity contribution in [2.75, 3.05) is 0 Å². The number of carboxylic acids is 1. The van der Waals surface area contributed by atoms with Gasteiger partial charge in [0.2, 0.25) is 0 Å². The lowest BCUT2D eigenvalue weighted by Crippen LogP contribution is -2.19. The van der Waals surface area contributed by atoms with Gasteiger partial charge in [-0.05, 0) is 5.92 Å². The molecule has 1 N–H and O–H groups in total. The average Bonchev–Trinajstić information content (AvgIpc) is 1.84. The van der Waals surface area contributed by atoms with Crippen molar-refractivity contribution in [1.29, 1.82) is 0 Å². The van der Waals surface area contributed by atoms with Crippen molar-refractivity contribution >= 4 is 21.9 Å². The quantitative estimate of drug-likeness (QED) is 0.546. The molecule has 0 aliphatic rings. The molecule has 0 saturated heterocycles. The van der Waals surface area contributed by atoms with E-state index in [0.29, 0.717) is 0 Å². The molecule has 0 aromatic rings. The number of allylic oxidation sites excluding steroid dienone is 1. The highest BCUT2D eigenvalue weighted by Crippen LogP contribution is 2.12. The zero-order valence-electron chi connectivity index (χ0n) is 5.17. The van der Waals surface area contributed by atoms with Gasteiger partial charge in [0.25, 0.3) is 0 Å². The van der Waals surface area contributed by atoms with E-state index in [1.54, 1.807) is 13.0 Å². The molecule has 0 saturated carbocycles. The molecule has 2 atom stereocenters. The van der Waals surface area contributed by atoms with E-state index in [9.17, 15) is 4.79 Å². The Morgan fingerprint density at radius 1 is 1.89 bits per heavy atom. The van der Waals surface area contributed by atoms with Gasteiger partial charge in [-0.3, -0.25) is 4.79 Å².